The molecule has 0 bridgehead atoms. The molecule has 1 saturated heterocycles. The summed E-state index contributed by atoms with van der Waals surface area (Å²) in [6.45, 7) is -0.0271. The van der Waals surface area contributed by atoms with E-state index in [4.69, 9.17) is 4.74 Å². The van der Waals surface area contributed by atoms with Gasteiger partial charge in [0.2, 0.25) is 15.9 Å². The molecule has 0 radical (unpaired) electrons. The molecule has 3 aromatic rings. The van der Waals surface area contributed by atoms with E-state index in [-0.39, 0.29) is 31.1 Å². The molecule has 11 heteroatoms. The van der Waals surface area contributed by atoms with Gasteiger partial charge in [0, 0.05) is 31.9 Å². The van der Waals surface area contributed by atoms with Crippen LogP contribution < -0.4 is 15.4 Å². The summed E-state index contributed by atoms with van der Waals surface area (Å²) in [6.07, 6.45) is 0. The molecule has 0 aromatic heterocycles. The van der Waals surface area contributed by atoms with E-state index in [0.29, 0.717) is 11.4 Å². The fraction of sp³-hybridized carbons (Fsp3) is 0.231. The third-order valence-electron chi connectivity index (χ3n) is 5.97. The largest absolute Gasteiger partial charge is 0.497 e. The van der Waals surface area contributed by atoms with Crippen LogP contribution >= 0.6 is 0 Å². The molecule has 1 atom stereocenters. The minimum Gasteiger partial charge on any atom is -0.497 e. The molecule has 194 valence electrons. The predicted molar refractivity (Wildman–Crippen MR) is 136 cm³/mol. The Labute approximate surface area is 214 Å². The molecular weight excluding hydrogens is 499 g/mol. The highest BCUT2D eigenvalue weighted by Crippen LogP contribution is 2.23. The van der Waals surface area contributed by atoms with Crippen LogP contribution in [0.25, 0.3) is 0 Å². The maximum Gasteiger partial charge on any atom is 0.321 e. The average molecular weight is 527 g/mol. The Kier molecular flexibility index (Phi) is 8.04. The molecule has 1 heterocycles. The number of sulfonamides is 1. The van der Waals surface area contributed by atoms with Crippen molar-refractivity contribution in [2.45, 2.75) is 17.5 Å². The van der Waals surface area contributed by atoms with Gasteiger partial charge in [-0.3, -0.25) is 4.79 Å². The first-order chi connectivity index (χ1) is 17.8. The van der Waals surface area contributed by atoms with Crippen molar-refractivity contribution in [1.29, 1.82) is 0 Å². The minimum absolute atomic E-state index is 0.0600. The number of ether oxygens (including phenoxy) is 1. The number of hydrogen-bond acceptors (Lipinski definition) is 5. The molecule has 3 aromatic carbocycles. The zero-order valence-electron chi connectivity index (χ0n) is 20.1. The number of carbonyl (C=O) groups is 2. The zero-order chi connectivity index (χ0) is 26.4. The van der Waals surface area contributed by atoms with Gasteiger partial charge in [-0.1, -0.05) is 30.3 Å². The Morgan fingerprint density at radius 2 is 1.73 bits per heavy atom. The topological polar surface area (TPSA) is 108 Å². The third kappa shape index (κ3) is 6.25. The van der Waals surface area contributed by atoms with Gasteiger partial charge in [0.05, 0.1) is 12.0 Å². The number of carbonyl (C=O) groups excluding carboxylic acids is 2. The third-order valence-corrected chi connectivity index (χ3v) is 7.89. The number of urea groups is 1. The SMILES string of the molecule is COc1cccc(CNC(=O)C2CN(C(=O)Nc3ccc(F)cc3)CCN2S(=O)(=O)c2ccccc2)c1. The molecule has 2 N–H and O–H groups in total. The standard InChI is InChI=1S/C26H27FN4O5S/c1-36-22-7-5-6-19(16-22)17-28-25(32)24-18-30(26(33)29-21-12-10-20(27)11-13-21)14-15-31(24)37(34,35)23-8-3-2-4-9-23/h2-13,16,24H,14-15,17-18H2,1H3,(H,28,32)(H,29,33). The van der Waals surface area contributed by atoms with Crippen molar-refractivity contribution in [3.05, 3.63) is 90.2 Å². The lowest BCUT2D eigenvalue weighted by Crippen LogP contribution is -2.61. The lowest BCUT2D eigenvalue weighted by atomic mass is 10.1. The lowest BCUT2D eigenvalue weighted by Gasteiger charge is -2.39. The quantitative estimate of drug-likeness (QED) is 0.492. The number of rotatable bonds is 7. The summed E-state index contributed by atoms with van der Waals surface area (Å²) in [5.74, 6) is -0.353. The van der Waals surface area contributed by atoms with Crippen LogP contribution in [-0.4, -0.2) is 62.3 Å². The second-order valence-electron chi connectivity index (χ2n) is 8.40. The van der Waals surface area contributed by atoms with Gasteiger partial charge >= 0.3 is 6.03 Å². The number of piperazine rings is 1. The van der Waals surface area contributed by atoms with Crippen molar-refractivity contribution in [2.24, 2.45) is 0 Å². The number of nitrogens with zero attached hydrogens (tertiary/aromatic N) is 2. The molecule has 9 nitrogen and oxygen atoms in total. The highest BCUT2D eigenvalue weighted by Gasteiger charge is 2.41. The summed E-state index contributed by atoms with van der Waals surface area (Å²) in [5, 5.41) is 5.45. The van der Waals surface area contributed by atoms with E-state index < -0.39 is 33.8 Å². The van der Waals surface area contributed by atoms with E-state index in [9.17, 15) is 22.4 Å². The van der Waals surface area contributed by atoms with Crippen molar-refractivity contribution < 1.29 is 27.1 Å². The van der Waals surface area contributed by atoms with E-state index in [0.717, 1.165) is 9.87 Å². The Morgan fingerprint density at radius 1 is 1.00 bits per heavy atom. The van der Waals surface area contributed by atoms with Crippen LogP contribution in [0, 0.1) is 5.82 Å². The molecule has 1 aliphatic rings. The van der Waals surface area contributed by atoms with Crippen LogP contribution in [-0.2, 0) is 21.4 Å². The lowest BCUT2D eigenvalue weighted by molar-refractivity contribution is -0.126. The summed E-state index contributed by atoms with van der Waals surface area (Å²) < 4.78 is 46.4. The van der Waals surface area contributed by atoms with Crippen molar-refractivity contribution >= 4 is 27.6 Å². The van der Waals surface area contributed by atoms with E-state index in [1.807, 2.05) is 6.07 Å². The van der Waals surface area contributed by atoms with Gasteiger partial charge in [-0.15, -0.1) is 0 Å². The molecule has 0 aliphatic carbocycles. The number of hydrogen-bond donors (Lipinski definition) is 2. The first-order valence-electron chi connectivity index (χ1n) is 11.6. The van der Waals surface area contributed by atoms with Gasteiger partial charge in [0.25, 0.3) is 0 Å². The number of anilines is 1. The molecule has 1 fully saturated rings. The smallest absolute Gasteiger partial charge is 0.321 e. The van der Waals surface area contributed by atoms with E-state index >= 15 is 0 Å². The van der Waals surface area contributed by atoms with Crippen molar-refractivity contribution in [2.75, 3.05) is 32.1 Å². The summed E-state index contributed by atoms with van der Waals surface area (Å²) in [7, 11) is -2.47. The van der Waals surface area contributed by atoms with Crippen molar-refractivity contribution in [1.82, 2.24) is 14.5 Å². The van der Waals surface area contributed by atoms with Crippen LogP contribution in [0.2, 0.25) is 0 Å². The highest BCUT2D eigenvalue weighted by molar-refractivity contribution is 7.89. The van der Waals surface area contributed by atoms with Crippen LogP contribution in [0.1, 0.15) is 5.56 Å². The molecule has 37 heavy (non-hydrogen) atoms. The molecule has 1 unspecified atom stereocenters. The van der Waals surface area contributed by atoms with E-state index in [1.54, 1.807) is 36.4 Å². The minimum atomic E-state index is -4.01. The number of nitrogens with one attached hydrogen (secondary N) is 2. The van der Waals surface area contributed by atoms with Crippen LogP contribution in [0.15, 0.2) is 83.8 Å². The fourth-order valence-electron chi connectivity index (χ4n) is 4.01. The van der Waals surface area contributed by atoms with Crippen molar-refractivity contribution in [3.63, 3.8) is 0 Å². The highest BCUT2D eigenvalue weighted by atomic mass is 32.2. The number of amides is 3. The maximum absolute atomic E-state index is 13.4. The Bertz CT molecular complexity index is 1350. The second kappa shape index (κ2) is 11.4. The van der Waals surface area contributed by atoms with E-state index in [2.05, 4.69) is 10.6 Å². The van der Waals surface area contributed by atoms with Crippen molar-refractivity contribution in [3.8, 4) is 5.75 Å². The maximum atomic E-state index is 13.4. The summed E-state index contributed by atoms with van der Waals surface area (Å²) in [6, 6.07) is 18.6. The second-order valence-corrected chi connectivity index (χ2v) is 10.3. The first-order valence-corrected chi connectivity index (χ1v) is 13.0. The van der Waals surface area contributed by atoms with Gasteiger partial charge < -0.3 is 20.3 Å². The number of halogens is 1. The molecule has 3 amide bonds. The van der Waals surface area contributed by atoms with Gasteiger partial charge in [0.15, 0.2) is 0 Å². The average Bonchev–Trinajstić information content (AvgIpc) is 2.93. The van der Waals surface area contributed by atoms with E-state index in [1.165, 1.54) is 48.4 Å². The van der Waals surface area contributed by atoms with Gasteiger partial charge in [-0.25, -0.2) is 17.6 Å². The number of benzene rings is 3. The zero-order valence-corrected chi connectivity index (χ0v) is 20.9. The summed E-state index contributed by atoms with van der Waals surface area (Å²) in [5.41, 5.74) is 1.15. The first kappa shape index (κ1) is 26.1. The van der Waals surface area contributed by atoms with Crippen LogP contribution in [0.4, 0.5) is 14.9 Å². The van der Waals surface area contributed by atoms with Gasteiger partial charge in [-0.05, 0) is 54.1 Å². The van der Waals surface area contributed by atoms with Gasteiger partial charge in [-0.2, -0.15) is 4.31 Å². The monoisotopic (exact) mass is 526 g/mol. The summed E-state index contributed by atoms with van der Waals surface area (Å²) >= 11 is 0. The van der Waals surface area contributed by atoms with Crippen LogP contribution in [0.3, 0.4) is 0 Å². The molecule has 0 spiro atoms. The number of methoxy groups -OCH3 is 1. The summed E-state index contributed by atoms with van der Waals surface area (Å²) in [4.78, 5) is 27.7. The van der Waals surface area contributed by atoms with Gasteiger partial charge in [0.1, 0.15) is 17.6 Å². The molecule has 1 aliphatic heterocycles. The van der Waals surface area contributed by atoms with Crippen LogP contribution in [0.5, 0.6) is 5.75 Å². The molecule has 0 saturated carbocycles. The normalized spacial score (nSPS) is 16.2. The Morgan fingerprint density at radius 3 is 2.43 bits per heavy atom. The molecular formula is C26H27FN4O5S. The predicted octanol–water partition coefficient (Wildman–Crippen LogP) is 3.06. The molecule has 4 rings (SSSR count). The fourth-order valence-corrected chi connectivity index (χ4v) is 5.60. The Balaban J connectivity index is 1.54. The Hall–Kier alpha value is -3.96.